The summed E-state index contributed by atoms with van der Waals surface area (Å²) in [6.45, 7) is 7.22. The maximum absolute atomic E-state index is 14.5. The van der Waals surface area contributed by atoms with Crippen molar-refractivity contribution in [1.29, 1.82) is 0 Å². The molecule has 22 heteroatoms. The second-order valence-electron chi connectivity index (χ2n) is 21.5. The van der Waals surface area contributed by atoms with Crippen molar-refractivity contribution < 1.29 is 55.7 Å². The topological polar surface area (TPSA) is 261 Å². The van der Waals surface area contributed by atoms with Gasteiger partial charge in [0.1, 0.15) is 30.2 Å². The van der Waals surface area contributed by atoms with E-state index in [0.29, 0.717) is 103 Å². The van der Waals surface area contributed by atoms with Crippen molar-refractivity contribution in [2.75, 3.05) is 24.6 Å². The average molecular weight is 1160 g/mol. The number of hydrogen-bond donors (Lipinski definition) is 4. The summed E-state index contributed by atoms with van der Waals surface area (Å²) in [5.74, 6) is -6.06. The summed E-state index contributed by atoms with van der Waals surface area (Å²) in [5.41, 5.74) is 24.0. The Kier molecular flexibility index (Phi) is 18.6. The highest BCUT2D eigenvalue weighted by atomic mass is 19.2. The Bertz CT molecular complexity index is 3830. The predicted octanol–water partition coefficient (Wildman–Crippen LogP) is 10.5. The standard InChI is InChI=1S/C34H35F2N5O5.C29H27F2N5O3/c1-34(2,3)46-33(44)38-13-7-6-10-29(42)45-19-23-15-26(35)27(36)16-24(23)20-11-12-28-25(14-20)30(40-32(37)39-28)31(43)41-17-21-8-4-5-9-22(21)18-41;30-23-12-20(16-39-26(37)7-3-4-10-32)21(13-24(23)31)17-8-9-25-22(11-17)27(35-29(33)34-25)28(38)36-14-18-5-1-2-6-19(18)15-36/h4-5,8-9,11-12,14-16H,6-7,10,13,17-19H2,1-3H3,(H,38,44)(H2,37,39,40);1-2,5-6,8-9,11-13H,3-4,7,10,14-16,32H2,(H2,33,34,35). The van der Waals surface area contributed by atoms with Crippen LogP contribution in [0.3, 0.4) is 0 Å². The first kappa shape index (κ1) is 60.0. The molecule has 0 saturated carbocycles. The lowest BCUT2D eigenvalue weighted by Crippen LogP contribution is -2.33. The van der Waals surface area contributed by atoms with E-state index in [9.17, 15) is 41.5 Å². The maximum Gasteiger partial charge on any atom is 0.407 e. The second kappa shape index (κ2) is 26.3. The van der Waals surface area contributed by atoms with Crippen molar-refractivity contribution in [3.05, 3.63) is 177 Å². The van der Waals surface area contributed by atoms with Crippen LogP contribution in [0.5, 0.6) is 0 Å². The summed E-state index contributed by atoms with van der Waals surface area (Å²) in [4.78, 5) is 84.0. The number of aromatic nitrogens is 4. The van der Waals surface area contributed by atoms with Crippen LogP contribution >= 0.6 is 0 Å². The Morgan fingerprint density at radius 2 is 0.941 bits per heavy atom. The van der Waals surface area contributed by atoms with Crippen LogP contribution < -0.4 is 22.5 Å². The maximum atomic E-state index is 14.5. The van der Waals surface area contributed by atoms with E-state index in [1.807, 2.05) is 48.5 Å². The van der Waals surface area contributed by atoms with E-state index in [-0.39, 0.29) is 77.8 Å². The summed E-state index contributed by atoms with van der Waals surface area (Å²) >= 11 is 0. The summed E-state index contributed by atoms with van der Waals surface area (Å²) in [6, 6.07) is 29.5. The van der Waals surface area contributed by atoms with Gasteiger partial charge in [-0.25, -0.2) is 42.3 Å². The van der Waals surface area contributed by atoms with Gasteiger partial charge in [0, 0.05) is 67.5 Å². The highest BCUT2D eigenvalue weighted by Gasteiger charge is 2.29. The first-order valence-electron chi connectivity index (χ1n) is 27.5. The number of hydrogen-bond acceptors (Lipinski definition) is 15. The molecule has 0 radical (unpaired) electrons. The van der Waals surface area contributed by atoms with Crippen molar-refractivity contribution in [2.45, 2.75) is 104 Å². The molecular formula is C63H62F4N10O8. The van der Waals surface area contributed by atoms with Crippen molar-refractivity contribution in [2.24, 2.45) is 5.73 Å². The van der Waals surface area contributed by atoms with Crippen molar-refractivity contribution in [1.82, 2.24) is 35.1 Å². The normalized spacial score (nSPS) is 12.6. The monoisotopic (exact) mass is 1160 g/mol. The number of carbonyl (C=O) groups is 5. The number of nitrogens with zero attached hydrogens (tertiary/aromatic N) is 6. The van der Waals surface area contributed by atoms with E-state index in [1.165, 1.54) is 0 Å². The van der Waals surface area contributed by atoms with Gasteiger partial charge in [0.05, 0.1) is 11.0 Å². The molecule has 2 aliphatic heterocycles. The van der Waals surface area contributed by atoms with Gasteiger partial charge in [-0.15, -0.1) is 0 Å². The number of fused-ring (bicyclic) bond motifs is 4. The number of amides is 3. The Morgan fingerprint density at radius 1 is 0.541 bits per heavy atom. The fourth-order valence-corrected chi connectivity index (χ4v) is 9.93. The van der Waals surface area contributed by atoms with E-state index in [0.717, 1.165) is 46.5 Å². The van der Waals surface area contributed by atoms with Gasteiger partial charge in [-0.05, 0) is 146 Å². The van der Waals surface area contributed by atoms with Gasteiger partial charge in [-0.3, -0.25) is 19.2 Å². The number of nitrogens with two attached hydrogens (primary N) is 3. The van der Waals surface area contributed by atoms with E-state index in [4.69, 9.17) is 31.4 Å². The number of halogens is 4. The minimum absolute atomic E-state index is 0.0506. The van der Waals surface area contributed by atoms with Crippen molar-refractivity contribution >= 4 is 63.5 Å². The summed E-state index contributed by atoms with van der Waals surface area (Å²) in [6.07, 6.45) is 1.91. The van der Waals surface area contributed by atoms with Crippen molar-refractivity contribution in [3.63, 3.8) is 0 Å². The average Bonchev–Trinajstić information content (AvgIpc) is 3.05. The molecular weight excluding hydrogens is 1100 g/mol. The zero-order valence-electron chi connectivity index (χ0n) is 47.0. The third-order valence-corrected chi connectivity index (χ3v) is 14.1. The Labute approximate surface area is 486 Å². The number of ether oxygens (including phenoxy) is 3. The fraction of sp³-hybridized carbons (Fsp3) is 0.286. The molecule has 4 heterocycles. The molecule has 18 nitrogen and oxygen atoms in total. The molecule has 3 amide bonds. The van der Waals surface area contributed by atoms with E-state index < -0.39 is 46.9 Å². The minimum Gasteiger partial charge on any atom is -0.461 e. The van der Waals surface area contributed by atoms with E-state index in [1.54, 1.807) is 67.0 Å². The van der Waals surface area contributed by atoms with Crippen LogP contribution in [0.25, 0.3) is 44.1 Å². The molecule has 440 valence electrons. The molecule has 2 aliphatic rings. The number of alkyl carbamates (subject to hydrolysis) is 1. The quantitative estimate of drug-likeness (QED) is 0.0286. The van der Waals surface area contributed by atoms with Crippen LogP contribution in [0, 0.1) is 23.3 Å². The summed E-state index contributed by atoms with van der Waals surface area (Å²) < 4.78 is 73.3. The van der Waals surface area contributed by atoms with Crippen LogP contribution in [0.4, 0.5) is 34.3 Å². The molecule has 8 aromatic rings. The molecule has 10 rings (SSSR count). The number of nitrogens with one attached hydrogen (secondary N) is 1. The molecule has 2 aromatic heterocycles. The van der Waals surface area contributed by atoms with E-state index >= 15 is 0 Å². The number of nitrogen functional groups attached to an aromatic ring is 2. The lowest BCUT2D eigenvalue weighted by molar-refractivity contribution is -0.146. The minimum atomic E-state index is -1.09. The lowest BCUT2D eigenvalue weighted by Gasteiger charge is -2.19. The van der Waals surface area contributed by atoms with Gasteiger partial charge < -0.3 is 46.5 Å². The molecule has 7 N–H and O–H groups in total. The predicted molar refractivity (Wildman–Crippen MR) is 309 cm³/mol. The first-order valence-corrected chi connectivity index (χ1v) is 27.5. The van der Waals surface area contributed by atoms with Crippen LogP contribution in [-0.2, 0) is 63.2 Å². The van der Waals surface area contributed by atoms with Crippen LogP contribution in [-0.4, -0.2) is 78.3 Å². The van der Waals surface area contributed by atoms with E-state index in [2.05, 4.69) is 25.3 Å². The van der Waals surface area contributed by atoms with Gasteiger partial charge in [-0.2, -0.15) is 0 Å². The first-order chi connectivity index (χ1) is 40.7. The Hall–Kier alpha value is -9.57. The number of benzene rings is 6. The second-order valence-corrected chi connectivity index (χ2v) is 21.5. The molecule has 0 bridgehead atoms. The number of esters is 2. The molecule has 0 unspecified atom stereocenters. The lowest BCUT2D eigenvalue weighted by atomic mass is 9.97. The fourth-order valence-electron chi connectivity index (χ4n) is 9.93. The molecule has 0 saturated heterocycles. The van der Waals surface area contributed by atoms with Crippen molar-refractivity contribution in [3.8, 4) is 22.3 Å². The Balaban J connectivity index is 0.000000206. The highest BCUT2D eigenvalue weighted by molar-refractivity contribution is 6.07. The van der Waals surface area contributed by atoms with Gasteiger partial charge in [0.15, 0.2) is 23.3 Å². The molecule has 6 aromatic carbocycles. The summed E-state index contributed by atoms with van der Waals surface area (Å²) in [5, 5.41) is 3.43. The van der Waals surface area contributed by atoms with Gasteiger partial charge in [-0.1, -0.05) is 60.7 Å². The SMILES string of the molecule is CC(C)(C)OC(=O)NCCCCC(=O)OCc1cc(F)c(F)cc1-c1ccc2nc(N)nc(C(=O)N3Cc4ccccc4C3)c2c1.NCCCCC(=O)OCc1cc(F)c(F)cc1-c1ccc2nc(N)nc(C(=O)N3Cc4ccccc4C3)c2c1. The smallest absolute Gasteiger partial charge is 0.407 e. The third-order valence-electron chi connectivity index (χ3n) is 14.1. The zero-order chi connectivity index (χ0) is 60.5. The largest absolute Gasteiger partial charge is 0.461 e. The molecule has 85 heavy (non-hydrogen) atoms. The van der Waals surface area contributed by atoms with Gasteiger partial charge in [0.2, 0.25) is 11.9 Å². The summed E-state index contributed by atoms with van der Waals surface area (Å²) in [7, 11) is 0. The van der Waals surface area contributed by atoms with Crippen LogP contribution in [0.15, 0.2) is 109 Å². The van der Waals surface area contributed by atoms with Gasteiger partial charge >= 0.3 is 18.0 Å². The third kappa shape index (κ3) is 14.8. The number of anilines is 2. The number of rotatable bonds is 17. The number of carbonyl (C=O) groups excluding carboxylic acids is 5. The van der Waals surface area contributed by atoms with Gasteiger partial charge in [0.25, 0.3) is 11.8 Å². The van der Waals surface area contributed by atoms with Crippen LogP contribution in [0.2, 0.25) is 0 Å². The molecule has 0 atom stereocenters. The van der Waals surface area contributed by atoms with Crippen LogP contribution in [0.1, 0.15) is 114 Å². The molecule has 0 fully saturated rings. The zero-order valence-corrected chi connectivity index (χ0v) is 47.0. The molecule has 0 aliphatic carbocycles. The highest BCUT2D eigenvalue weighted by Crippen LogP contribution is 2.35. The molecule has 0 spiro atoms. The number of unbranched alkanes of at least 4 members (excludes halogenated alkanes) is 2. The Morgan fingerprint density at radius 3 is 1.34 bits per heavy atom.